The summed E-state index contributed by atoms with van der Waals surface area (Å²) in [6.45, 7) is 2.34. The van der Waals surface area contributed by atoms with Crippen molar-refractivity contribution in [3.63, 3.8) is 0 Å². The second kappa shape index (κ2) is 9.67. The van der Waals surface area contributed by atoms with Crippen molar-refractivity contribution < 1.29 is 13.2 Å². The Labute approximate surface area is 212 Å². The van der Waals surface area contributed by atoms with Gasteiger partial charge in [-0.15, -0.1) is 10.2 Å². The zero-order valence-electron chi connectivity index (χ0n) is 19.0. The van der Waals surface area contributed by atoms with Gasteiger partial charge in [-0.1, -0.05) is 41.6 Å². The molecule has 1 aliphatic rings. The number of fused-ring (bicyclic) bond motifs is 1. The lowest BCUT2D eigenvalue weighted by molar-refractivity contribution is -0.129. The van der Waals surface area contributed by atoms with Crippen molar-refractivity contribution in [1.29, 1.82) is 0 Å². The van der Waals surface area contributed by atoms with E-state index in [1.54, 1.807) is 17.0 Å². The second-order valence-corrected chi connectivity index (χ2v) is 12.0. The van der Waals surface area contributed by atoms with Crippen LogP contribution in [-0.2, 0) is 14.6 Å². The molecule has 11 heteroatoms. The molecule has 1 N–H and O–H groups in total. The molecule has 1 unspecified atom stereocenters. The first-order chi connectivity index (χ1) is 16.9. The van der Waals surface area contributed by atoms with E-state index < -0.39 is 9.84 Å². The lowest BCUT2D eigenvalue weighted by Gasteiger charge is -2.26. The summed E-state index contributed by atoms with van der Waals surface area (Å²) in [4.78, 5) is 18.0. The van der Waals surface area contributed by atoms with Crippen molar-refractivity contribution in [2.24, 2.45) is 0 Å². The summed E-state index contributed by atoms with van der Waals surface area (Å²) >= 11 is 7.41. The molecule has 2 aromatic carbocycles. The molecule has 182 valence electrons. The van der Waals surface area contributed by atoms with Crippen LogP contribution in [0.25, 0.3) is 28.0 Å². The number of amides is 1. The third-order valence-corrected chi connectivity index (χ3v) is 9.10. The molecule has 3 heterocycles. The zero-order chi connectivity index (χ0) is 24.6. The lowest BCUT2D eigenvalue weighted by atomic mass is 10.1. The largest absolute Gasteiger partial charge is 0.360 e. The van der Waals surface area contributed by atoms with Crippen LogP contribution < -0.4 is 0 Å². The highest BCUT2D eigenvalue weighted by atomic mass is 35.5. The van der Waals surface area contributed by atoms with Crippen LogP contribution in [0.5, 0.6) is 0 Å². The van der Waals surface area contributed by atoms with Gasteiger partial charge in [-0.05, 0) is 43.7 Å². The maximum absolute atomic E-state index is 13.1. The van der Waals surface area contributed by atoms with Crippen molar-refractivity contribution in [1.82, 2.24) is 24.6 Å². The Hall–Kier alpha value is -2.82. The van der Waals surface area contributed by atoms with Crippen molar-refractivity contribution in [2.45, 2.75) is 24.5 Å². The van der Waals surface area contributed by atoms with Gasteiger partial charge in [0.05, 0.1) is 17.3 Å². The van der Waals surface area contributed by atoms with Crippen molar-refractivity contribution in [3.8, 4) is 17.1 Å². The van der Waals surface area contributed by atoms with Crippen molar-refractivity contribution >= 4 is 50.0 Å². The summed E-state index contributed by atoms with van der Waals surface area (Å²) in [5.41, 5.74) is 2.71. The number of para-hydroxylation sites is 1. The average Bonchev–Trinajstić information content (AvgIpc) is 3.55. The van der Waals surface area contributed by atoms with E-state index in [4.69, 9.17) is 11.6 Å². The molecule has 2 aromatic heterocycles. The van der Waals surface area contributed by atoms with E-state index in [1.807, 2.05) is 54.1 Å². The first-order valence-electron chi connectivity index (χ1n) is 11.3. The van der Waals surface area contributed by atoms with Crippen molar-refractivity contribution in [2.75, 3.05) is 23.8 Å². The van der Waals surface area contributed by atoms with Gasteiger partial charge in [-0.25, -0.2) is 8.42 Å². The predicted molar refractivity (Wildman–Crippen MR) is 139 cm³/mol. The molecule has 1 aliphatic heterocycles. The first kappa shape index (κ1) is 23.9. The van der Waals surface area contributed by atoms with Gasteiger partial charge in [-0.3, -0.25) is 9.36 Å². The van der Waals surface area contributed by atoms with E-state index in [-0.39, 0.29) is 29.2 Å². The van der Waals surface area contributed by atoms with Gasteiger partial charge in [0.15, 0.2) is 20.8 Å². The van der Waals surface area contributed by atoms with E-state index in [1.165, 1.54) is 11.8 Å². The SMILES string of the molecule is CCN(C(=O)CSc1nnc(-c2c[nH]c3ccccc23)n1-c1ccc(Cl)cc1)C1CCS(=O)(=O)C1. The van der Waals surface area contributed by atoms with Gasteiger partial charge in [0.1, 0.15) is 0 Å². The molecule has 1 amide bonds. The summed E-state index contributed by atoms with van der Waals surface area (Å²) in [5, 5.41) is 11.1. The third-order valence-electron chi connectivity index (χ3n) is 6.18. The van der Waals surface area contributed by atoms with Gasteiger partial charge in [0.2, 0.25) is 5.91 Å². The summed E-state index contributed by atoms with van der Waals surface area (Å²) in [7, 11) is -3.08. The molecule has 35 heavy (non-hydrogen) atoms. The Morgan fingerprint density at radius 1 is 1.20 bits per heavy atom. The van der Waals surface area contributed by atoms with Crippen LogP contribution in [0.15, 0.2) is 59.9 Å². The van der Waals surface area contributed by atoms with E-state index in [9.17, 15) is 13.2 Å². The molecule has 0 saturated carbocycles. The van der Waals surface area contributed by atoms with Crippen LogP contribution in [0.1, 0.15) is 13.3 Å². The number of thioether (sulfide) groups is 1. The van der Waals surface area contributed by atoms with Crippen LogP contribution in [0.4, 0.5) is 0 Å². The lowest BCUT2D eigenvalue weighted by Crippen LogP contribution is -2.42. The Balaban J connectivity index is 1.46. The summed E-state index contributed by atoms with van der Waals surface area (Å²) < 4.78 is 25.8. The number of nitrogens with one attached hydrogen (secondary N) is 1. The van der Waals surface area contributed by atoms with Crippen molar-refractivity contribution in [3.05, 3.63) is 59.8 Å². The number of benzene rings is 2. The Bertz CT molecular complexity index is 1480. The molecule has 1 fully saturated rings. The topological polar surface area (TPSA) is 101 Å². The predicted octanol–water partition coefficient (Wildman–Crippen LogP) is 4.20. The van der Waals surface area contributed by atoms with Gasteiger partial charge >= 0.3 is 0 Å². The van der Waals surface area contributed by atoms with E-state index in [2.05, 4.69) is 15.2 Å². The number of aromatic nitrogens is 4. The summed E-state index contributed by atoms with van der Waals surface area (Å²) in [6, 6.07) is 15.1. The van der Waals surface area contributed by atoms with Crippen LogP contribution in [-0.4, -0.2) is 68.8 Å². The van der Waals surface area contributed by atoms with Crippen LogP contribution >= 0.6 is 23.4 Å². The molecule has 8 nitrogen and oxygen atoms in total. The van der Waals surface area contributed by atoms with E-state index >= 15 is 0 Å². The fourth-order valence-electron chi connectivity index (χ4n) is 4.49. The minimum absolute atomic E-state index is 0.0307. The number of sulfone groups is 1. The van der Waals surface area contributed by atoms with Crippen LogP contribution in [0, 0.1) is 0 Å². The minimum Gasteiger partial charge on any atom is -0.360 e. The maximum Gasteiger partial charge on any atom is 0.233 e. The standard InChI is InChI=1S/C24H24ClN5O3S2/c1-2-29(18-11-12-35(32,33)15-18)22(31)14-34-24-28-27-23(30(24)17-9-7-16(25)8-10-17)20-13-26-21-6-4-3-5-19(20)21/h3-10,13,18,26H,2,11-12,14-15H2,1H3. The molecular formula is C24H24ClN5O3S2. The fraction of sp³-hybridized carbons (Fsp3) is 0.292. The zero-order valence-corrected chi connectivity index (χ0v) is 21.4. The smallest absolute Gasteiger partial charge is 0.233 e. The summed E-state index contributed by atoms with van der Waals surface area (Å²) in [5.74, 6) is 0.827. The molecule has 0 radical (unpaired) electrons. The second-order valence-electron chi connectivity index (χ2n) is 8.39. The van der Waals surface area contributed by atoms with Crippen LogP contribution in [0.3, 0.4) is 0 Å². The highest BCUT2D eigenvalue weighted by Crippen LogP contribution is 2.33. The third kappa shape index (κ3) is 4.82. The number of halogens is 1. The summed E-state index contributed by atoms with van der Waals surface area (Å²) in [6.07, 6.45) is 2.39. The molecule has 5 rings (SSSR count). The normalized spacial score (nSPS) is 17.1. The highest BCUT2D eigenvalue weighted by molar-refractivity contribution is 7.99. The number of nitrogens with zero attached hydrogens (tertiary/aromatic N) is 4. The number of hydrogen-bond acceptors (Lipinski definition) is 6. The number of carbonyl (C=O) groups excluding carboxylic acids is 1. The number of hydrogen-bond donors (Lipinski definition) is 1. The van der Waals surface area contributed by atoms with Gasteiger partial charge in [-0.2, -0.15) is 0 Å². The number of H-pyrrole nitrogens is 1. The molecular weight excluding hydrogens is 506 g/mol. The fourth-order valence-corrected chi connectivity index (χ4v) is 7.18. The Morgan fingerprint density at radius 2 is 1.97 bits per heavy atom. The van der Waals surface area contributed by atoms with Crippen LogP contribution in [0.2, 0.25) is 5.02 Å². The highest BCUT2D eigenvalue weighted by Gasteiger charge is 2.34. The quantitative estimate of drug-likeness (QED) is 0.360. The molecule has 0 spiro atoms. The molecule has 4 aromatic rings. The average molecular weight is 530 g/mol. The first-order valence-corrected chi connectivity index (χ1v) is 14.5. The Morgan fingerprint density at radius 3 is 2.69 bits per heavy atom. The number of aromatic amines is 1. The molecule has 0 bridgehead atoms. The number of carbonyl (C=O) groups is 1. The maximum atomic E-state index is 13.1. The van der Waals surface area contributed by atoms with Gasteiger partial charge in [0, 0.05) is 46.0 Å². The van der Waals surface area contributed by atoms with Gasteiger partial charge < -0.3 is 9.88 Å². The Kier molecular flexibility index (Phi) is 6.61. The van der Waals surface area contributed by atoms with Gasteiger partial charge in [0.25, 0.3) is 0 Å². The van der Waals surface area contributed by atoms with E-state index in [0.29, 0.717) is 29.0 Å². The molecule has 1 atom stereocenters. The minimum atomic E-state index is -3.08. The molecule has 1 saturated heterocycles. The van der Waals surface area contributed by atoms with E-state index in [0.717, 1.165) is 22.2 Å². The molecule has 0 aliphatic carbocycles. The monoisotopic (exact) mass is 529 g/mol. The number of rotatable bonds is 7.